The van der Waals surface area contributed by atoms with Gasteiger partial charge in [-0.05, 0) is 29.8 Å². The Labute approximate surface area is 113 Å². The first-order valence-electron chi connectivity index (χ1n) is 5.67. The molecule has 0 aliphatic heterocycles. The SMILES string of the molecule is Fc1cc(CCl)cc(F)c1-n1cnc2ccccc21. The van der Waals surface area contributed by atoms with E-state index in [2.05, 4.69) is 4.98 Å². The fourth-order valence-corrected chi connectivity index (χ4v) is 2.22. The molecule has 1 heterocycles. The van der Waals surface area contributed by atoms with Gasteiger partial charge in [-0.1, -0.05) is 12.1 Å². The van der Waals surface area contributed by atoms with Gasteiger partial charge in [-0.3, -0.25) is 4.57 Å². The number of fused-ring (bicyclic) bond motifs is 1. The van der Waals surface area contributed by atoms with Gasteiger partial charge in [0.05, 0.1) is 11.0 Å². The Morgan fingerprint density at radius 1 is 1.11 bits per heavy atom. The zero-order valence-electron chi connectivity index (χ0n) is 9.78. The number of hydrogen-bond acceptors (Lipinski definition) is 1. The zero-order valence-corrected chi connectivity index (χ0v) is 10.5. The average Bonchev–Trinajstić information content (AvgIpc) is 2.82. The number of alkyl halides is 1. The van der Waals surface area contributed by atoms with Crippen LogP contribution < -0.4 is 0 Å². The summed E-state index contributed by atoms with van der Waals surface area (Å²) in [5, 5.41) is 0. The molecule has 2 aromatic carbocycles. The standard InChI is InChI=1S/C14H9ClF2N2/c15-7-9-5-10(16)14(11(17)6-9)19-8-18-12-3-1-2-4-13(12)19/h1-6,8H,7H2. The molecule has 0 N–H and O–H groups in total. The van der Waals surface area contributed by atoms with Crippen molar-refractivity contribution >= 4 is 22.6 Å². The largest absolute Gasteiger partial charge is 0.293 e. The molecule has 2 nitrogen and oxygen atoms in total. The van der Waals surface area contributed by atoms with Crippen molar-refractivity contribution in [1.29, 1.82) is 0 Å². The maximum absolute atomic E-state index is 14.0. The average molecular weight is 279 g/mol. The van der Waals surface area contributed by atoms with Gasteiger partial charge in [0.25, 0.3) is 0 Å². The quantitative estimate of drug-likeness (QED) is 0.647. The van der Waals surface area contributed by atoms with Crippen LogP contribution in [0.5, 0.6) is 0 Å². The normalized spacial score (nSPS) is 11.1. The molecule has 0 radical (unpaired) electrons. The van der Waals surface area contributed by atoms with Crippen molar-refractivity contribution in [3.63, 3.8) is 0 Å². The van der Waals surface area contributed by atoms with E-state index in [1.165, 1.54) is 23.0 Å². The second-order valence-electron chi connectivity index (χ2n) is 4.14. The molecule has 96 valence electrons. The minimum absolute atomic E-state index is 0.0683. The number of halogens is 3. The Morgan fingerprint density at radius 2 is 1.79 bits per heavy atom. The summed E-state index contributed by atoms with van der Waals surface area (Å²) in [7, 11) is 0. The molecule has 0 spiro atoms. The van der Waals surface area contributed by atoms with Crippen LogP contribution in [0.4, 0.5) is 8.78 Å². The summed E-state index contributed by atoms with van der Waals surface area (Å²) in [6, 6.07) is 9.64. The van der Waals surface area contributed by atoms with Gasteiger partial charge in [0, 0.05) is 5.88 Å². The summed E-state index contributed by atoms with van der Waals surface area (Å²) in [6.45, 7) is 0. The van der Waals surface area contributed by atoms with E-state index >= 15 is 0 Å². The molecule has 0 atom stereocenters. The fraction of sp³-hybridized carbons (Fsp3) is 0.0714. The van der Waals surface area contributed by atoms with Gasteiger partial charge in [-0.2, -0.15) is 0 Å². The number of rotatable bonds is 2. The Hall–Kier alpha value is -1.94. The second kappa shape index (κ2) is 4.63. The topological polar surface area (TPSA) is 17.8 Å². The zero-order chi connectivity index (χ0) is 13.4. The summed E-state index contributed by atoms with van der Waals surface area (Å²) < 4.78 is 29.5. The van der Waals surface area contributed by atoms with E-state index in [-0.39, 0.29) is 11.6 Å². The minimum Gasteiger partial charge on any atom is -0.293 e. The molecule has 0 aliphatic carbocycles. The summed E-state index contributed by atoms with van der Waals surface area (Å²) in [6.07, 6.45) is 1.41. The van der Waals surface area contributed by atoms with Crippen molar-refractivity contribution in [3.05, 3.63) is 59.9 Å². The lowest BCUT2D eigenvalue weighted by atomic mass is 10.2. The van der Waals surface area contributed by atoms with Crippen molar-refractivity contribution in [2.24, 2.45) is 0 Å². The lowest BCUT2D eigenvalue weighted by molar-refractivity contribution is 0.569. The third-order valence-electron chi connectivity index (χ3n) is 2.93. The lowest BCUT2D eigenvalue weighted by Gasteiger charge is -2.08. The number of nitrogens with zero attached hydrogens (tertiary/aromatic N) is 2. The van der Waals surface area contributed by atoms with Gasteiger partial charge >= 0.3 is 0 Å². The maximum atomic E-state index is 14.0. The fourth-order valence-electron chi connectivity index (χ4n) is 2.06. The van der Waals surface area contributed by atoms with Crippen molar-refractivity contribution in [2.75, 3.05) is 0 Å². The molecule has 5 heteroatoms. The van der Waals surface area contributed by atoms with Crippen molar-refractivity contribution in [1.82, 2.24) is 9.55 Å². The van der Waals surface area contributed by atoms with Crippen LogP contribution in [0.2, 0.25) is 0 Å². The Morgan fingerprint density at radius 3 is 2.47 bits per heavy atom. The molecule has 0 aliphatic rings. The van der Waals surface area contributed by atoms with E-state index in [0.29, 0.717) is 16.6 Å². The molecule has 3 aromatic rings. The van der Waals surface area contributed by atoms with Crippen LogP contribution in [0.3, 0.4) is 0 Å². The van der Waals surface area contributed by atoms with E-state index < -0.39 is 11.6 Å². The van der Waals surface area contributed by atoms with Crippen molar-refractivity contribution in [3.8, 4) is 5.69 Å². The minimum atomic E-state index is -0.654. The molecular weight excluding hydrogens is 270 g/mol. The molecule has 0 bridgehead atoms. The first kappa shape index (κ1) is 12.1. The summed E-state index contributed by atoms with van der Waals surface area (Å²) in [5.41, 5.74) is 1.61. The Balaban J connectivity index is 2.27. The van der Waals surface area contributed by atoms with Crippen LogP contribution in [0.1, 0.15) is 5.56 Å². The van der Waals surface area contributed by atoms with Crippen LogP contribution >= 0.6 is 11.6 Å². The molecule has 1 aromatic heterocycles. The first-order valence-corrected chi connectivity index (χ1v) is 6.20. The van der Waals surface area contributed by atoms with E-state index in [1.807, 2.05) is 6.07 Å². The second-order valence-corrected chi connectivity index (χ2v) is 4.41. The van der Waals surface area contributed by atoms with E-state index in [1.54, 1.807) is 18.2 Å². The highest BCUT2D eigenvalue weighted by atomic mass is 35.5. The van der Waals surface area contributed by atoms with Crippen molar-refractivity contribution in [2.45, 2.75) is 5.88 Å². The Bertz CT molecular complexity index is 729. The molecule has 0 fully saturated rings. The summed E-state index contributed by atoms with van der Waals surface area (Å²) in [5.74, 6) is -1.24. The Kier molecular flexibility index (Phi) is 2.95. The maximum Gasteiger partial charge on any atom is 0.150 e. The molecule has 0 amide bonds. The monoisotopic (exact) mass is 278 g/mol. The van der Waals surface area contributed by atoms with Gasteiger partial charge in [-0.15, -0.1) is 11.6 Å². The summed E-state index contributed by atoms with van der Waals surface area (Å²) in [4.78, 5) is 4.12. The van der Waals surface area contributed by atoms with Gasteiger partial charge in [0.1, 0.15) is 12.0 Å². The van der Waals surface area contributed by atoms with Gasteiger partial charge in [0.15, 0.2) is 11.6 Å². The molecule has 0 saturated carbocycles. The van der Waals surface area contributed by atoms with Crippen LogP contribution in [-0.2, 0) is 5.88 Å². The third-order valence-corrected chi connectivity index (χ3v) is 3.23. The predicted molar refractivity (Wildman–Crippen MR) is 70.5 cm³/mol. The van der Waals surface area contributed by atoms with E-state index in [4.69, 9.17) is 11.6 Å². The third kappa shape index (κ3) is 1.98. The van der Waals surface area contributed by atoms with Crippen LogP contribution in [0.15, 0.2) is 42.7 Å². The number of aromatic nitrogens is 2. The van der Waals surface area contributed by atoms with Gasteiger partial charge < -0.3 is 0 Å². The highest BCUT2D eigenvalue weighted by molar-refractivity contribution is 6.17. The molecule has 0 saturated heterocycles. The highest BCUT2D eigenvalue weighted by Gasteiger charge is 2.15. The van der Waals surface area contributed by atoms with Crippen molar-refractivity contribution < 1.29 is 8.78 Å². The predicted octanol–water partition coefficient (Wildman–Crippen LogP) is 4.04. The van der Waals surface area contributed by atoms with Crippen LogP contribution in [0.25, 0.3) is 16.7 Å². The first-order chi connectivity index (χ1) is 9.20. The molecule has 3 rings (SSSR count). The smallest absolute Gasteiger partial charge is 0.150 e. The van der Waals surface area contributed by atoms with E-state index in [0.717, 1.165) is 0 Å². The van der Waals surface area contributed by atoms with Crippen LogP contribution in [0, 0.1) is 11.6 Å². The highest BCUT2D eigenvalue weighted by Crippen LogP contribution is 2.24. The van der Waals surface area contributed by atoms with Gasteiger partial charge in [-0.25, -0.2) is 13.8 Å². The number of hydrogen-bond donors (Lipinski definition) is 0. The molecule has 0 unspecified atom stereocenters. The van der Waals surface area contributed by atoms with Gasteiger partial charge in [0.2, 0.25) is 0 Å². The van der Waals surface area contributed by atoms with E-state index in [9.17, 15) is 8.78 Å². The number of benzene rings is 2. The number of imidazole rings is 1. The summed E-state index contributed by atoms with van der Waals surface area (Å²) >= 11 is 5.59. The molecular formula is C14H9ClF2N2. The van der Waals surface area contributed by atoms with Crippen LogP contribution in [-0.4, -0.2) is 9.55 Å². The lowest BCUT2D eigenvalue weighted by Crippen LogP contribution is -2.01. The molecule has 19 heavy (non-hydrogen) atoms. The number of para-hydroxylation sites is 2.